The Labute approximate surface area is 72.7 Å². The van der Waals surface area contributed by atoms with Crippen molar-refractivity contribution in [3.8, 4) is 0 Å². The highest BCUT2D eigenvalue weighted by molar-refractivity contribution is 4.78. The summed E-state index contributed by atoms with van der Waals surface area (Å²) in [6.45, 7) is 4.98. The van der Waals surface area contributed by atoms with Gasteiger partial charge in [0, 0.05) is 6.04 Å². The second-order valence-corrected chi connectivity index (χ2v) is 3.75. The molecule has 0 aliphatic carbocycles. The van der Waals surface area contributed by atoms with Crippen LogP contribution in [0, 0.1) is 5.92 Å². The number of alkyl halides is 2. The molecule has 1 nitrogen and oxygen atoms in total. The summed E-state index contributed by atoms with van der Waals surface area (Å²) in [7, 11) is 0. The maximum Gasteiger partial charge on any atom is 0.251 e. The number of piperidine rings is 1. The molecular weight excluding hydrogens is 160 g/mol. The SMILES string of the molecule is C[C@@H]1CCCN(CC(F)F)[C@@H]1C. The van der Waals surface area contributed by atoms with Gasteiger partial charge in [-0.2, -0.15) is 0 Å². The highest BCUT2D eigenvalue weighted by atomic mass is 19.3. The lowest BCUT2D eigenvalue weighted by atomic mass is 9.92. The molecule has 0 saturated carbocycles. The summed E-state index contributed by atoms with van der Waals surface area (Å²) >= 11 is 0. The summed E-state index contributed by atoms with van der Waals surface area (Å²) in [6, 6.07) is 0.327. The molecule has 1 aliphatic rings. The molecule has 1 aliphatic heterocycles. The van der Waals surface area contributed by atoms with E-state index < -0.39 is 6.43 Å². The Kier molecular flexibility index (Phi) is 3.44. The van der Waals surface area contributed by atoms with Crippen LogP contribution in [0.2, 0.25) is 0 Å². The predicted octanol–water partition coefficient (Wildman–Crippen LogP) is 2.37. The predicted molar refractivity (Wildman–Crippen MR) is 45.4 cm³/mol. The van der Waals surface area contributed by atoms with Gasteiger partial charge in [0.25, 0.3) is 6.43 Å². The first-order valence-electron chi connectivity index (χ1n) is 4.63. The van der Waals surface area contributed by atoms with Gasteiger partial charge in [-0.25, -0.2) is 8.78 Å². The van der Waals surface area contributed by atoms with Crippen molar-refractivity contribution in [2.45, 2.75) is 39.2 Å². The van der Waals surface area contributed by atoms with E-state index in [0.29, 0.717) is 12.0 Å². The number of likely N-dealkylation sites (tertiary alicyclic amines) is 1. The summed E-state index contributed by atoms with van der Waals surface area (Å²) in [5, 5.41) is 0. The molecule has 3 heteroatoms. The molecule has 72 valence electrons. The van der Waals surface area contributed by atoms with Gasteiger partial charge in [0.1, 0.15) is 0 Å². The Morgan fingerprint density at radius 1 is 1.42 bits per heavy atom. The molecule has 1 saturated heterocycles. The molecule has 0 radical (unpaired) electrons. The Morgan fingerprint density at radius 3 is 2.67 bits per heavy atom. The van der Waals surface area contributed by atoms with Crippen molar-refractivity contribution in [3.63, 3.8) is 0 Å². The molecule has 0 aromatic heterocycles. The van der Waals surface area contributed by atoms with Gasteiger partial charge in [0.05, 0.1) is 6.54 Å². The van der Waals surface area contributed by atoms with E-state index in [0.717, 1.165) is 13.0 Å². The molecule has 0 N–H and O–H groups in total. The molecule has 0 aromatic carbocycles. The summed E-state index contributed by atoms with van der Waals surface area (Å²) in [5.41, 5.74) is 0. The second-order valence-electron chi connectivity index (χ2n) is 3.75. The van der Waals surface area contributed by atoms with Crippen molar-refractivity contribution >= 4 is 0 Å². The largest absolute Gasteiger partial charge is 0.295 e. The van der Waals surface area contributed by atoms with Crippen LogP contribution in [0.15, 0.2) is 0 Å². The Balaban J connectivity index is 2.41. The second kappa shape index (κ2) is 4.17. The van der Waals surface area contributed by atoms with Gasteiger partial charge in [0.2, 0.25) is 0 Å². The number of hydrogen-bond acceptors (Lipinski definition) is 1. The minimum atomic E-state index is -2.18. The molecule has 0 spiro atoms. The third-order valence-corrected chi connectivity index (χ3v) is 2.88. The molecule has 1 fully saturated rings. The van der Waals surface area contributed by atoms with Crippen molar-refractivity contribution in [1.82, 2.24) is 4.90 Å². The highest BCUT2D eigenvalue weighted by Crippen LogP contribution is 2.23. The van der Waals surface area contributed by atoms with Gasteiger partial charge < -0.3 is 0 Å². The van der Waals surface area contributed by atoms with E-state index in [1.165, 1.54) is 6.42 Å². The van der Waals surface area contributed by atoms with Crippen molar-refractivity contribution in [3.05, 3.63) is 0 Å². The third kappa shape index (κ3) is 2.41. The average molecular weight is 177 g/mol. The van der Waals surface area contributed by atoms with Crippen LogP contribution in [-0.4, -0.2) is 30.5 Å². The van der Waals surface area contributed by atoms with Crippen LogP contribution in [0.5, 0.6) is 0 Å². The summed E-state index contributed by atoms with van der Waals surface area (Å²) in [6.07, 6.45) is 0.0665. The van der Waals surface area contributed by atoms with Gasteiger partial charge in [-0.1, -0.05) is 6.92 Å². The lowest BCUT2D eigenvalue weighted by Gasteiger charge is -2.37. The van der Waals surface area contributed by atoms with Gasteiger partial charge in [-0.3, -0.25) is 4.90 Å². The molecule has 2 atom stereocenters. The van der Waals surface area contributed by atoms with Crippen LogP contribution >= 0.6 is 0 Å². The fourth-order valence-electron chi connectivity index (χ4n) is 1.86. The number of rotatable bonds is 2. The number of hydrogen-bond donors (Lipinski definition) is 0. The smallest absolute Gasteiger partial charge is 0.251 e. The zero-order chi connectivity index (χ0) is 9.14. The molecule has 12 heavy (non-hydrogen) atoms. The molecule has 1 heterocycles. The van der Waals surface area contributed by atoms with Crippen molar-refractivity contribution < 1.29 is 8.78 Å². The molecule has 1 rings (SSSR count). The lowest BCUT2D eigenvalue weighted by Crippen LogP contribution is -2.44. The van der Waals surface area contributed by atoms with Crippen molar-refractivity contribution in [1.29, 1.82) is 0 Å². The van der Waals surface area contributed by atoms with Crippen molar-refractivity contribution in [2.24, 2.45) is 5.92 Å². The topological polar surface area (TPSA) is 3.24 Å². The van der Waals surface area contributed by atoms with Crippen LogP contribution in [0.3, 0.4) is 0 Å². The number of nitrogens with zero attached hydrogens (tertiary/aromatic N) is 1. The van der Waals surface area contributed by atoms with Crippen LogP contribution in [0.1, 0.15) is 26.7 Å². The lowest BCUT2D eigenvalue weighted by molar-refractivity contribution is 0.0361. The van der Waals surface area contributed by atoms with Gasteiger partial charge in [0.15, 0.2) is 0 Å². The normalized spacial score (nSPS) is 32.8. The Bertz CT molecular complexity index is 138. The summed E-state index contributed by atoms with van der Waals surface area (Å²) < 4.78 is 24.2. The van der Waals surface area contributed by atoms with Crippen LogP contribution < -0.4 is 0 Å². The monoisotopic (exact) mass is 177 g/mol. The zero-order valence-electron chi connectivity index (χ0n) is 7.76. The van der Waals surface area contributed by atoms with Crippen LogP contribution in [-0.2, 0) is 0 Å². The average Bonchev–Trinajstić information content (AvgIpc) is 1.98. The first kappa shape index (κ1) is 9.90. The number of halogens is 2. The highest BCUT2D eigenvalue weighted by Gasteiger charge is 2.26. The van der Waals surface area contributed by atoms with Gasteiger partial charge >= 0.3 is 0 Å². The molecule has 0 amide bonds. The van der Waals surface area contributed by atoms with E-state index >= 15 is 0 Å². The Morgan fingerprint density at radius 2 is 2.08 bits per heavy atom. The van der Waals surface area contributed by atoms with Crippen LogP contribution in [0.4, 0.5) is 8.78 Å². The van der Waals surface area contributed by atoms with Crippen LogP contribution in [0.25, 0.3) is 0 Å². The minimum Gasteiger partial charge on any atom is -0.295 e. The first-order valence-corrected chi connectivity index (χ1v) is 4.63. The molecule has 0 unspecified atom stereocenters. The first-order chi connectivity index (χ1) is 5.61. The quantitative estimate of drug-likeness (QED) is 0.626. The van der Waals surface area contributed by atoms with Gasteiger partial charge in [-0.15, -0.1) is 0 Å². The maximum atomic E-state index is 12.1. The minimum absolute atomic E-state index is 0.0501. The maximum absolute atomic E-state index is 12.1. The van der Waals surface area contributed by atoms with E-state index in [1.807, 2.05) is 11.8 Å². The molecule has 0 aromatic rings. The molecular formula is C9H17F2N. The fourth-order valence-corrected chi connectivity index (χ4v) is 1.86. The van der Waals surface area contributed by atoms with E-state index in [-0.39, 0.29) is 6.54 Å². The van der Waals surface area contributed by atoms with Crippen molar-refractivity contribution in [2.75, 3.05) is 13.1 Å². The van der Waals surface area contributed by atoms with E-state index in [2.05, 4.69) is 6.92 Å². The Hall–Kier alpha value is -0.180. The van der Waals surface area contributed by atoms with Gasteiger partial charge in [-0.05, 0) is 32.2 Å². The zero-order valence-corrected chi connectivity index (χ0v) is 7.76. The fraction of sp³-hybridized carbons (Fsp3) is 1.00. The van der Waals surface area contributed by atoms with E-state index in [1.54, 1.807) is 0 Å². The van der Waals surface area contributed by atoms with E-state index in [4.69, 9.17) is 0 Å². The summed E-state index contributed by atoms with van der Waals surface area (Å²) in [4.78, 5) is 1.90. The van der Waals surface area contributed by atoms with E-state index in [9.17, 15) is 8.78 Å². The third-order valence-electron chi connectivity index (χ3n) is 2.88. The molecule has 0 bridgehead atoms. The standard InChI is InChI=1S/C9H17F2N/c1-7-4-3-5-12(8(7)2)6-9(10)11/h7-9H,3-6H2,1-2H3/t7-,8-/m1/s1. The summed E-state index contributed by atoms with van der Waals surface area (Å²) in [5.74, 6) is 0.567.